The lowest BCUT2D eigenvalue weighted by molar-refractivity contribution is -0.133. The number of rotatable bonds is 6. The zero-order valence-corrected chi connectivity index (χ0v) is 16.8. The van der Waals surface area contributed by atoms with Crippen LogP contribution in [0.3, 0.4) is 0 Å². The fourth-order valence-electron chi connectivity index (χ4n) is 4.16. The first-order valence-corrected chi connectivity index (χ1v) is 10.9. The van der Waals surface area contributed by atoms with Crippen LogP contribution >= 0.6 is 0 Å². The van der Waals surface area contributed by atoms with Gasteiger partial charge in [0.15, 0.2) is 11.5 Å². The van der Waals surface area contributed by atoms with Crippen molar-refractivity contribution >= 4 is 15.9 Å². The molecule has 150 valence electrons. The summed E-state index contributed by atoms with van der Waals surface area (Å²) in [5.41, 5.74) is 0. The van der Waals surface area contributed by atoms with Gasteiger partial charge in [-0.25, -0.2) is 13.1 Å². The number of hydrogen-bond acceptors (Lipinski definition) is 5. The summed E-state index contributed by atoms with van der Waals surface area (Å²) >= 11 is 0. The van der Waals surface area contributed by atoms with E-state index in [1.807, 2.05) is 4.90 Å². The number of fused-ring (bicyclic) bond motifs is 1. The molecule has 0 unspecified atom stereocenters. The van der Waals surface area contributed by atoms with Crippen LogP contribution in [0.15, 0.2) is 23.1 Å². The monoisotopic (exact) mass is 396 g/mol. The number of sulfonamides is 1. The summed E-state index contributed by atoms with van der Waals surface area (Å²) < 4.78 is 37.8. The largest absolute Gasteiger partial charge is 0.493 e. The van der Waals surface area contributed by atoms with Gasteiger partial charge < -0.3 is 14.4 Å². The van der Waals surface area contributed by atoms with Crippen molar-refractivity contribution in [1.82, 2.24) is 9.62 Å². The second-order valence-electron chi connectivity index (χ2n) is 7.27. The highest BCUT2D eigenvalue weighted by atomic mass is 32.2. The molecule has 1 amide bonds. The Labute approximate surface area is 161 Å². The minimum atomic E-state index is -3.81. The van der Waals surface area contributed by atoms with Crippen molar-refractivity contribution in [3.8, 4) is 11.5 Å². The number of carbonyl (C=O) groups is 1. The average Bonchev–Trinajstić information content (AvgIpc) is 2.71. The third-order valence-corrected chi connectivity index (χ3v) is 7.12. The molecule has 1 aliphatic carbocycles. The number of carbonyl (C=O) groups excluding carboxylic acids is 1. The van der Waals surface area contributed by atoms with Gasteiger partial charge >= 0.3 is 0 Å². The molecule has 1 heterocycles. The van der Waals surface area contributed by atoms with Crippen LogP contribution in [0.25, 0.3) is 0 Å². The first-order valence-electron chi connectivity index (χ1n) is 9.44. The maximum Gasteiger partial charge on any atom is 0.241 e. The molecule has 8 heteroatoms. The summed E-state index contributed by atoms with van der Waals surface area (Å²) in [5.74, 6) is 1.90. The van der Waals surface area contributed by atoms with Crippen molar-refractivity contribution in [1.29, 1.82) is 0 Å². The Bertz CT molecular complexity index is 780. The zero-order valence-electron chi connectivity index (χ0n) is 15.9. The van der Waals surface area contributed by atoms with Crippen LogP contribution in [0.4, 0.5) is 0 Å². The van der Waals surface area contributed by atoms with Gasteiger partial charge in [-0.15, -0.1) is 0 Å². The SMILES string of the molecule is COc1ccc(S(=O)(=O)NCC(=O)N2CC[C@@H]3CCCC[C@@H]3C2)cc1OC. The number of nitrogens with zero attached hydrogens (tertiary/aromatic N) is 1. The summed E-state index contributed by atoms with van der Waals surface area (Å²) in [4.78, 5) is 14.4. The lowest BCUT2D eigenvalue weighted by Crippen LogP contribution is -2.48. The van der Waals surface area contributed by atoms with Crippen LogP contribution in [0.1, 0.15) is 32.1 Å². The lowest BCUT2D eigenvalue weighted by Gasteiger charge is -2.41. The molecule has 1 N–H and O–H groups in total. The predicted octanol–water partition coefficient (Wildman–Crippen LogP) is 2.02. The van der Waals surface area contributed by atoms with Crippen molar-refractivity contribution in [3.05, 3.63) is 18.2 Å². The lowest BCUT2D eigenvalue weighted by atomic mass is 9.75. The van der Waals surface area contributed by atoms with E-state index in [0.29, 0.717) is 17.4 Å². The Morgan fingerprint density at radius 2 is 1.81 bits per heavy atom. The molecular weight excluding hydrogens is 368 g/mol. The van der Waals surface area contributed by atoms with Gasteiger partial charge in [-0.2, -0.15) is 0 Å². The first kappa shape index (κ1) is 19.9. The smallest absolute Gasteiger partial charge is 0.241 e. The number of benzene rings is 1. The van der Waals surface area contributed by atoms with Crippen molar-refractivity contribution in [2.45, 2.75) is 37.0 Å². The van der Waals surface area contributed by atoms with Crippen molar-refractivity contribution in [3.63, 3.8) is 0 Å². The molecule has 0 spiro atoms. The van der Waals surface area contributed by atoms with Crippen LogP contribution in [-0.2, 0) is 14.8 Å². The molecule has 0 radical (unpaired) electrons. The van der Waals surface area contributed by atoms with E-state index in [1.165, 1.54) is 58.1 Å². The number of nitrogens with one attached hydrogen (secondary N) is 1. The van der Waals surface area contributed by atoms with Gasteiger partial charge in [-0.1, -0.05) is 19.3 Å². The van der Waals surface area contributed by atoms with Crippen LogP contribution in [-0.4, -0.2) is 53.1 Å². The Morgan fingerprint density at radius 3 is 2.52 bits per heavy atom. The highest BCUT2D eigenvalue weighted by Crippen LogP contribution is 2.36. The normalized spacial score (nSPS) is 22.8. The van der Waals surface area contributed by atoms with Gasteiger partial charge in [-0.3, -0.25) is 4.79 Å². The maximum atomic E-state index is 12.5. The Balaban J connectivity index is 1.60. The number of hydrogen-bond donors (Lipinski definition) is 1. The fraction of sp³-hybridized carbons (Fsp3) is 0.632. The van der Waals surface area contributed by atoms with E-state index in [-0.39, 0.29) is 17.3 Å². The number of ether oxygens (including phenoxy) is 2. The van der Waals surface area contributed by atoms with Crippen LogP contribution < -0.4 is 14.2 Å². The van der Waals surface area contributed by atoms with Crippen molar-refractivity contribution in [2.24, 2.45) is 11.8 Å². The highest BCUT2D eigenvalue weighted by molar-refractivity contribution is 7.89. The molecule has 0 bridgehead atoms. The molecule has 2 atom stereocenters. The van der Waals surface area contributed by atoms with Gasteiger partial charge in [-0.05, 0) is 36.8 Å². The number of methoxy groups -OCH3 is 2. The van der Waals surface area contributed by atoms with Crippen molar-refractivity contribution in [2.75, 3.05) is 33.9 Å². The summed E-state index contributed by atoms with van der Waals surface area (Å²) in [6, 6.07) is 4.35. The second kappa shape index (κ2) is 8.48. The molecule has 1 aromatic rings. The van der Waals surface area contributed by atoms with E-state index in [0.717, 1.165) is 25.4 Å². The van der Waals surface area contributed by atoms with E-state index >= 15 is 0 Å². The van der Waals surface area contributed by atoms with Crippen LogP contribution in [0.5, 0.6) is 11.5 Å². The highest BCUT2D eigenvalue weighted by Gasteiger charge is 2.33. The molecule has 2 aliphatic rings. The van der Waals surface area contributed by atoms with Gasteiger partial charge in [0.25, 0.3) is 0 Å². The summed E-state index contributed by atoms with van der Waals surface area (Å²) in [6.07, 6.45) is 5.98. The number of likely N-dealkylation sites (tertiary alicyclic amines) is 1. The van der Waals surface area contributed by atoms with Crippen LogP contribution in [0.2, 0.25) is 0 Å². The topological polar surface area (TPSA) is 84.9 Å². The van der Waals surface area contributed by atoms with E-state index in [1.54, 1.807) is 0 Å². The van der Waals surface area contributed by atoms with Crippen LogP contribution in [0, 0.1) is 11.8 Å². The minimum Gasteiger partial charge on any atom is -0.493 e. The van der Waals surface area contributed by atoms with Gasteiger partial charge in [0.05, 0.1) is 25.7 Å². The Hall–Kier alpha value is -1.80. The Morgan fingerprint density at radius 1 is 1.11 bits per heavy atom. The van der Waals surface area contributed by atoms with E-state index in [2.05, 4.69) is 4.72 Å². The van der Waals surface area contributed by atoms with Gasteiger partial charge in [0.1, 0.15) is 0 Å². The summed E-state index contributed by atoms with van der Waals surface area (Å²) in [7, 11) is -0.879. The molecule has 1 saturated carbocycles. The third-order valence-electron chi connectivity index (χ3n) is 5.72. The Kier molecular flexibility index (Phi) is 6.26. The quantitative estimate of drug-likeness (QED) is 0.795. The molecule has 1 aromatic carbocycles. The molecular formula is C19H28N2O5S. The summed E-state index contributed by atoms with van der Waals surface area (Å²) in [6.45, 7) is 1.24. The average molecular weight is 397 g/mol. The summed E-state index contributed by atoms with van der Waals surface area (Å²) in [5, 5.41) is 0. The number of piperidine rings is 1. The van der Waals surface area contributed by atoms with E-state index in [9.17, 15) is 13.2 Å². The van der Waals surface area contributed by atoms with Gasteiger partial charge in [0.2, 0.25) is 15.9 Å². The predicted molar refractivity (Wildman–Crippen MR) is 101 cm³/mol. The molecule has 3 rings (SSSR count). The zero-order chi connectivity index (χ0) is 19.4. The van der Waals surface area contributed by atoms with E-state index < -0.39 is 10.0 Å². The maximum absolute atomic E-state index is 12.5. The molecule has 1 saturated heterocycles. The molecule has 27 heavy (non-hydrogen) atoms. The molecule has 0 aromatic heterocycles. The molecule has 2 fully saturated rings. The van der Waals surface area contributed by atoms with Crippen molar-refractivity contribution < 1.29 is 22.7 Å². The number of amides is 1. The van der Waals surface area contributed by atoms with Gasteiger partial charge in [0, 0.05) is 19.2 Å². The fourth-order valence-corrected chi connectivity index (χ4v) is 5.15. The minimum absolute atomic E-state index is 0.0407. The second-order valence-corrected chi connectivity index (χ2v) is 9.04. The first-order chi connectivity index (χ1) is 12.9. The van der Waals surface area contributed by atoms with E-state index in [4.69, 9.17) is 9.47 Å². The molecule has 1 aliphatic heterocycles. The molecule has 7 nitrogen and oxygen atoms in total. The third kappa shape index (κ3) is 4.55. The standard InChI is InChI=1S/C19H28N2O5S/c1-25-17-8-7-16(11-18(17)26-2)27(23,24)20-12-19(22)21-10-9-14-5-3-4-6-15(14)13-21/h7-8,11,14-15,20H,3-6,9-10,12-13H2,1-2H3/t14-,15+/m0/s1.